The molecule has 0 spiro atoms. The maximum atomic E-state index is 11.8. The van der Waals surface area contributed by atoms with Gasteiger partial charge in [0.15, 0.2) is 0 Å². The lowest BCUT2D eigenvalue weighted by atomic mass is 10.00. The second kappa shape index (κ2) is 8.06. The topological polar surface area (TPSA) is 92.4 Å². The van der Waals surface area contributed by atoms with E-state index < -0.39 is 12.0 Å². The van der Waals surface area contributed by atoms with Gasteiger partial charge in [-0.05, 0) is 18.8 Å². The first-order valence-corrected chi connectivity index (χ1v) is 6.15. The predicted molar refractivity (Wildman–Crippen MR) is 66.5 cm³/mol. The molecule has 0 aromatic heterocycles. The van der Waals surface area contributed by atoms with Gasteiger partial charge < -0.3 is 16.2 Å². The molecular weight excluding hydrogens is 220 g/mol. The van der Waals surface area contributed by atoms with Gasteiger partial charge in [-0.3, -0.25) is 4.79 Å². The minimum absolute atomic E-state index is 0.221. The Morgan fingerprint density at radius 1 is 1.35 bits per heavy atom. The Balaban J connectivity index is 4.42. The highest BCUT2D eigenvalue weighted by molar-refractivity contribution is 5.85. The van der Waals surface area contributed by atoms with Gasteiger partial charge in [-0.15, -0.1) is 0 Å². The van der Waals surface area contributed by atoms with Crippen molar-refractivity contribution in [1.29, 1.82) is 0 Å². The summed E-state index contributed by atoms with van der Waals surface area (Å²) in [5, 5.41) is 11.6. The average molecular weight is 244 g/mol. The Morgan fingerprint density at radius 3 is 2.29 bits per heavy atom. The first-order valence-electron chi connectivity index (χ1n) is 6.15. The molecule has 0 saturated heterocycles. The van der Waals surface area contributed by atoms with E-state index in [1.165, 1.54) is 0 Å². The molecule has 0 heterocycles. The van der Waals surface area contributed by atoms with Crippen molar-refractivity contribution in [2.75, 3.05) is 6.54 Å². The second-order valence-corrected chi connectivity index (χ2v) is 4.75. The molecule has 0 aliphatic carbocycles. The number of carbonyl (C=O) groups is 2. The lowest BCUT2D eigenvalue weighted by Crippen LogP contribution is -2.45. The van der Waals surface area contributed by atoms with E-state index in [0.29, 0.717) is 12.8 Å². The molecule has 5 heteroatoms. The average Bonchev–Trinajstić information content (AvgIpc) is 2.23. The summed E-state index contributed by atoms with van der Waals surface area (Å²) < 4.78 is 0. The van der Waals surface area contributed by atoms with Crippen LogP contribution < -0.4 is 11.1 Å². The first kappa shape index (κ1) is 15.9. The van der Waals surface area contributed by atoms with Crippen LogP contribution in [0.3, 0.4) is 0 Å². The zero-order valence-corrected chi connectivity index (χ0v) is 10.9. The normalized spacial score (nSPS) is 14.4. The smallest absolute Gasteiger partial charge is 0.326 e. The molecule has 0 aromatic carbocycles. The number of aliphatic carboxylic acids is 1. The molecule has 4 N–H and O–H groups in total. The van der Waals surface area contributed by atoms with E-state index in [1.54, 1.807) is 0 Å². The van der Waals surface area contributed by atoms with Crippen LogP contribution in [0.25, 0.3) is 0 Å². The first-order chi connectivity index (χ1) is 7.92. The number of nitrogens with one attached hydrogen (secondary N) is 1. The van der Waals surface area contributed by atoms with Crippen LogP contribution in [0.1, 0.15) is 40.0 Å². The van der Waals surface area contributed by atoms with Crippen molar-refractivity contribution in [2.24, 2.45) is 17.6 Å². The molecule has 1 unspecified atom stereocenters. The van der Waals surface area contributed by atoms with Crippen LogP contribution >= 0.6 is 0 Å². The van der Waals surface area contributed by atoms with Crippen molar-refractivity contribution in [2.45, 2.75) is 46.1 Å². The largest absolute Gasteiger partial charge is 0.480 e. The summed E-state index contributed by atoms with van der Waals surface area (Å²) in [4.78, 5) is 22.8. The van der Waals surface area contributed by atoms with E-state index in [4.69, 9.17) is 10.8 Å². The number of carboxylic acid groups (broad SMARTS) is 1. The molecule has 0 saturated carbocycles. The molecule has 100 valence electrons. The van der Waals surface area contributed by atoms with Crippen LogP contribution in [-0.4, -0.2) is 29.6 Å². The van der Waals surface area contributed by atoms with Crippen LogP contribution in [0.15, 0.2) is 0 Å². The van der Waals surface area contributed by atoms with Gasteiger partial charge >= 0.3 is 5.97 Å². The number of amides is 1. The van der Waals surface area contributed by atoms with Crippen molar-refractivity contribution in [1.82, 2.24) is 5.32 Å². The van der Waals surface area contributed by atoms with Crippen LogP contribution in [-0.2, 0) is 9.59 Å². The van der Waals surface area contributed by atoms with Crippen molar-refractivity contribution in [3.8, 4) is 0 Å². The fraction of sp³-hybridized carbons (Fsp3) is 0.833. The number of hydrogen-bond acceptors (Lipinski definition) is 3. The number of hydrogen-bond donors (Lipinski definition) is 3. The van der Waals surface area contributed by atoms with E-state index in [9.17, 15) is 9.59 Å². The molecule has 0 rings (SSSR count). The summed E-state index contributed by atoms with van der Waals surface area (Å²) in [7, 11) is 0. The van der Waals surface area contributed by atoms with Gasteiger partial charge in [0.1, 0.15) is 6.04 Å². The molecule has 2 atom stereocenters. The Hall–Kier alpha value is -1.10. The second-order valence-electron chi connectivity index (χ2n) is 4.75. The number of carboxylic acids is 1. The highest BCUT2D eigenvalue weighted by Crippen LogP contribution is 2.09. The van der Waals surface area contributed by atoms with Crippen molar-refractivity contribution < 1.29 is 14.7 Å². The summed E-state index contributed by atoms with van der Waals surface area (Å²) in [6, 6.07) is -0.812. The number of nitrogens with two attached hydrogens (primary N) is 1. The zero-order chi connectivity index (χ0) is 13.4. The third kappa shape index (κ3) is 6.26. The third-order valence-electron chi connectivity index (χ3n) is 2.61. The molecule has 0 bridgehead atoms. The summed E-state index contributed by atoms with van der Waals surface area (Å²) >= 11 is 0. The third-order valence-corrected chi connectivity index (χ3v) is 2.61. The highest BCUT2D eigenvalue weighted by Gasteiger charge is 2.24. The molecule has 0 aliphatic rings. The van der Waals surface area contributed by atoms with Crippen LogP contribution in [0.5, 0.6) is 0 Å². The van der Waals surface area contributed by atoms with Gasteiger partial charge in [0, 0.05) is 6.54 Å². The monoisotopic (exact) mass is 244 g/mol. The van der Waals surface area contributed by atoms with E-state index in [0.717, 1.165) is 6.42 Å². The van der Waals surface area contributed by atoms with Gasteiger partial charge in [0.2, 0.25) is 5.91 Å². The molecule has 5 nitrogen and oxygen atoms in total. The number of rotatable bonds is 8. The summed E-state index contributed by atoms with van der Waals surface area (Å²) in [6.07, 6.45) is 1.98. The Bertz CT molecular complexity index is 254. The molecule has 0 aliphatic heterocycles. The summed E-state index contributed by atoms with van der Waals surface area (Å²) in [5.74, 6) is -1.30. The van der Waals surface area contributed by atoms with Gasteiger partial charge in [-0.2, -0.15) is 0 Å². The van der Waals surface area contributed by atoms with E-state index >= 15 is 0 Å². The maximum absolute atomic E-state index is 11.8. The maximum Gasteiger partial charge on any atom is 0.326 e. The Kier molecular flexibility index (Phi) is 7.54. The van der Waals surface area contributed by atoms with Crippen LogP contribution in [0, 0.1) is 11.8 Å². The SMILES string of the molecule is CCCC(CN)C(=O)N[C@H](CC(C)C)C(=O)O. The molecule has 0 radical (unpaired) electrons. The standard InChI is InChI=1S/C12H24N2O3/c1-4-5-9(7-13)11(15)14-10(12(16)17)6-8(2)3/h8-10H,4-7,13H2,1-3H3,(H,14,15)(H,16,17)/t9?,10-/m1/s1. The van der Waals surface area contributed by atoms with Crippen molar-refractivity contribution in [3.63, 3.8) is 0 Å². The quantitative estimate of drug-likeness (QED) is 0.593. The molecule has 0 fully saturated rings. The minimum Gasteiger partial charge on any atom is -0.480 e. The number of carbonyl (C=O) groups excluding carboxylic acids is 1. The molecule has 17 heavy (non-hydrogen) atoms. The van der Waals surface area contributed by atoms with Gasteiger partial charge in [-0.25, -0.2) is 4.79 Å². The lowest BCUT2D eigenvalue weighted by Gasteiger charge is -2.20. The Labute approximate surface area is 103 Å². The molecule has 0 aromatic rings. The Morgan fingerprint density at radius 2 is 1.94 bits per heavy atom. The van der Waals surface area contributed by atoms with Gasteiger partial charge in [0.05, 0.1) is 5.92 Å². The van der Waals surface area contributed by atoms with Crippen LogP contribution in [0.4, 0.5) is 0 Å². The van der Waals surface area contributed by atoms with E-state index in [2.05, 4.69) is 5.32 Å². The predicted octanol–water partition coefficient (Wildman–Crippen LogP) is 0.977. The van der Waals surface area contributed by atoms with Gasteiger partial charge in [0.25, 0.3) is 0 Å². The fourth-order valence-corrected chi connectivity index (χ4v) is 1.69. The van der Waals surface area contributed by atoms with E-state index in [1.807, 2.05) is 20.8 Å². The zero-order valence-electron chi connectivity index (χ0n) is 10.9. The summed E-state index contributed by atoms with van der Waals surface area (Å²) in [6.45, 7) is 6.08. The minimum atomic E-state index is -0.987. The van der Waals surface area contributed by atoms with Crippen molar-refractivity contribution in [3.05, 3.63) is 0 Å². The molecular formula is C12H24N2O3. The van der Waals surface area contributed by atoms with Crippen LogP contribution in [0.2, 0.25) is 0 Å². The van der Waals surface area contributed by atoms with Gasteiger partial charge in [-0.1, -0.05) is 27.2 Å². The van der Waals surface area contributed by atoms with Crippen molar-refractivity contribution >= 4 is 11.9 Å². The van der Waals surface area contributed by atoms with E-state index in [-0.39, 0.29) is 24.3 Å². The summed E-state index contributed by atoms with van der Waals surface area (Å²) in [5.41, 5.74) is 5.50. The fourth-order valence-electron chi connectivity index (χ4n) is 1.69. The lowest BCUT2D eigenvalue weighted by molar-refractivity contribution is -0.143. The molecule has 1 amide bonds. The highest BCUT2D eigenvalue weighted by atomic mass is 16.4.